The minimum absolute atomic E-state index is 0.0532. The first-order chi connectivity index (χ1) is 23.3. The SMILES string of the molecule is CC(C)(C)c1ccc2c(c1)C(C)(C)c1cc(C(C)(C)C)cc(N(c3ccc(-c4ccccc4)cc3)c3cccc4oc5ccccc5c34)c1-2. The molecular formula is C47H45NO. The Bertz CT molecular complexity index is 2360. The Balaban J connectivity index is 1.47. The maximum atomic E-state index is 6.47. The number of benzene rings is 6. The second kappa shape index (κ2) is 11.0. The lowest BCUT2D eigenvalue weighted by atomic mass is 9.77. The molecule has 1 aromatic heterocycles. The Morgan fingerprint density at radius 1 is 0.531 bits per heavy atom. The molecule has 0 saturated heterocycles. The van der Waals surface area contributed by atoms with E-state index >= 15 is 0 Å². The average Bonchev–Trinajstić information content (AvgIpc) is 3.57. The third-order valence-electron chi connectivity index (χ3n) is 10.6. The van der Waals surface area contributed by atoms with Gasteiger partial charge in [-0.25, -0.2) is 0 Å². The lowest BCUT2D eigenvalue weighted by Gasteiger charge is -2.32. The first-order valence-corrected chi connectivity index (χ1v) is 17.5. The molecule has 0 saturated carbocycles. The molecule has 49 heavy (non-hydrogen) atoms. The summed E-state index contributed by atoms with van der Waals surface area (Å²) in [6, 6.07) is 46.7. The number of hydrogen-bond donors (Lipinski definition) is 0. The summed E-state index contributed by atoms with van der Waals surface area (Å²) < 4.78 is 6.47. The molecule has 0 radical (unpaired) electrons. The molecule has 2 nitrogen and oxygen atoms in total. The smallest absolute Gasteiger partial charge is 0.137 e. The van der Waals surface area contributed by atoms with Crippen molar-refractivity contribution >= 4 is 39.0 Å². The van der Waals surface area contributed by atoms with Crippen molar-refractivity contribution in [2.45, 2.75) is 71.6 Å². The van der Waals surface area contributed by atoms with E-state index in [0.717, 1.165) is 33.3 Å². The van der Waals surface area contributed by atoms with E-state index in [4.69, 9.17) is 4.42 Å². The first kappa shape index (κ1) is 31.2. The van der Waals surface area contributed by atoms with Crippen LogP contribution in [-0.2, 0) is 16.2 Å². The minimum atomic E-state index is -0.168. The van der Waals surface area contributed by atoms with Gasteiger partial charge in [-0.05, 0) is 86.2 Å². The van der Waals surface area contributed by atoms with Crippen molar-refractivity contribution in [2.24, 2.45) is 0 Å². The van der Waals surface area contributed by atoms with Crippen LogP contribution in [0.15, 0.2) is 132 Å². The fourth-order valence-corrected chi connectivity index (χ4v) is 7.69. The van der Waals surface area contributed by atoms with Gasteiger partial charge in [0.1, 0.15) is 11.2 Å². The Morgan fingerprint density at radius 3 is 1.88 bits per heavy atom. The van der Waals surface area contributed by atoms with Crippen LogP contribution in [0, 0.1) is 0 Å². The topological polar surface area (TPSA) is 16.4 Å². The predicted octanol–water partition coefficient (Wildman–Crippen LogP) is 13.6. The number of furan rings is 1. The highest BCUT2D eigenvalue weighted by Gasteiger charge is 2.40. The normalized spacial score (nSPS) is 13.9. The molecule has 6 aromatic carbocycles. The summed E-state index contributed by atoms with van der Waals surface area (Å²) >= 11 is 0. The van der Waals surface area contributed by atoms with E-state index in [1.807, 2.05) is 0 Å². The van der Waals surface area contributed by atoms with Crippen LogP contribution in [0.4, 0.5) is 17.1 Å². The summed E-state index contributed by atoms with van der Waals surface area (Å²) in [6.07, 6.45) is 0. The molecule has 0 fully saturated rings. The van der Waals surface area contributed by atoms with Crippen LogP contribution in [0.2, 0.25) is 0 Å². The molecule has 1 aliphatic rings. The largest absolute Gasteiger partial charge is 0.456 e. The molecular weight excluding hydrogens is 595 g/mol. The fraction of sp³-hybridized carbons (Fsp3) is 0.234. The van der Waals surface area contributed by atoms with Gasteiger partial charge in [-0.1, -0.05) is 146 Å². The number of fused-ring (bicyclic) bond motifs is 6. The van der Waals surface area contributed by atoms with Gasteiger partial charge in [0.15, 0.2) is 0 Å². The summed E-state index contributed by atoms with van der Waals surface area (Å²) in [6.45, 7) is 18.7. The Labute approximate surface area is 291 Å². The summed E-state index contributed by atoms with van der Waals surface area (Å²) in [5.41, 5.74) is 15.6. The van der Waals surface area contributed by atoms with Crippen LogP contribution in [0.5, 0.6) is 0 Å². The second-order valence-corrected chi connectivity index (χ2v) is 16.3. The summed E-state index contributed by atoms with van der Waals surface area (Å²) in [5.74, 6) is 0. The van der Waals surface area contributed by atoms with E-state index in [9.17, 15) is 0 Å². The van der Waals surface area contributed by atoms with E-state index in [1.165, 1.54) is 50.2 Å². The maximum absolute atomic E-state index is 6.47. The number of anilines is 3. The molecule has 8 rings (SSSR count). The molecule has 0 bridgehead atoms. The average molecular weight is 640 g/mol. The molecule has 0 atom stereocenters. The highest BCUT2D eigenvalue weighted by atomic mass is 16.3. The van der Waals surface area contributed by atoms with Crippen molar-refractivity contribution in [1.82, 2.24) is 0 Å². The fourth-order valence-electron chi connectivity index (χ4n) is 7.69. The van der Waals surface area contributed by atoms with Gasteiger partial charge in [0.25, 0.3) is 0 Å². The Morgan fingerprint density at radius 2 is 1.16 bits per heavy atom. The van der Waals surface area contributed by atoms with Crippen LogP contribution in [0.25, 0.3) is 44.2 Å². The molecule has 0 unspecified atom stereocenters. The zero-order valence-corrected chi connectivity index (χ0v) is 30.0. The lowest BCUT2D eigenvalue weighted by molar-refractivity contribution is 0.580. The van der Waals surface area contributed by atoms with Gasteiger partial charge in [0.2, 0.25) is 0 Å². The van der Waals surface area contributed by atoms with E-state index in [2.05, 4.69) is 188 Å². The highest BCUT2D eigenvalue weighted by molar-refractivity contribution is 6.14. The third-order valence-corrected chi connectivity index (χ3v) is 10.6. The number of para-hydroxylation sites is 1. The standard InChI is InChI=1S/C47H45NO/c1-45(2,3)32-23-26-35-37(27-32)47(7,8)38-28-33(46(4,5)6)29-40(43(35)38)48(34-24-21-31(22-25-34)30-15-10-9-11-16-30)39-18-14-20-42-44(39)36-17-12-13-19-41(36)49-42/h9-29H,1-8H3. The van der Waals surface area contributed by atoms with Gasteiger partial charge in [-0.2, -0.15) is 0 Å². The van der Waals surface area contributed by atoms with Crippen molar-refractivity contribution in [3.8, 4) is 22.3 Å². The molecule has 244 valence electrons. The summed E-state index contributed by atoms with van der Waals surface area (Å²) in [4.78, 5) is 2.50. The van der Waals surface area contributed by atoms with Gasteiger partial charge in [0.05, 0.1) is 16.8 Å². The van der Waals surface area contributed by atoms with Crippen LogP contribution >= 0.6 is 0 Å². The lowest BCUT2D eigenvalue weighted by Crippen LogP contribution is -2.20. The van der Waals surface area contributed by atoms with E-state index in [1.54, 1.807) is 0 Å². The molecule has 7 aromatic rings. The van der Waals surface area contributed by atoms with Crippen LogP contribution in [0.3, 0.4) is 0 Å². The molecule has 1 aliphatic carbocycles. The summed E-state index contributed by atoms with van der Waals surface area (Å²) in [7, 11) is 0. The van der Waals surface area contributed by atoms with Gasteiger partial charge in [-0.3, -0.25) is 0 Å². The molecule has 2 heteroatoms. The van der Waals surface area contributed by atoms with Crippen LogP contribution in [0.1, 0.15) is 77.6 Å². The molecule has 0 aliphatic heterocycles. The van der Waals surface area contributed by atoms with E-state index in [0.29, 0.717) is 0 Å². The zero-order valence-electron chi connectivity index (χ0n) is 30.0. The van der Waals surface area contributed by atoms with Gasteiger partial charge in [-0.15, -0.1) is 0 Å². The van der Waals surface area contributed by atoms with Crippen molar-refractivity contribution in [3.05, 3.63) is 150 Å². The minimum Gasteiger partial charge on any atom is -0.456 e. The van der Waals surface area contributed by atoms with Crippen molar-refractivity contribution < 1.29 is 4.42 Å². The first-order valence-electron chi connectivity index (χ1n) is 17.5. The number of hydrogen-bond acceptors (Lipinski definition) is 2. The molecule has 0 N–H and O–H groups in total. The predicted molar refractivity (Wildman–Crippen MR) is 209 cm³/mol. The van der Waals surface area contributed by atoms with Crippen LogP contribution < -0.4 is 4.90 Å². The van der Waals surface area contributed by atoms with Gasteiger partial charge in [0, 0.05) is 22.1 Å². The quantitative estimate of drug-likeness (QED) is 0.191. The highest BCUT2D eigenvalue weighted by Crippen LogP contribution is 2.57. The Kier molecular flexibility index (Phi) is 6.99. The molecule has 0 spiro atoms. The van der Waals surface area contributed by atoms with E-state index < -0.39 is 0 Å². The molecule has 0 amide bonds. The third kappa shape index (κ3) is 5.08. The molecule has 1 heterocycles. The Hall–Kier alpha value is -5.08. The summed E-state index contributed by atoms with van der Waals surface area (Å²) in [5, 5.41) is 2.25. The van der Waals surface area contributed by atoms with Crippen LogP contribution in [-0.4, -0.2) is 0 Å². The number of rotatable bonds is 4. The van der Waals surface area contributed by atoms with Gasteiger partial charge < -0.3 is 9.32 Å². The zero-order chi connectivity index (χ0) is 34.3. The number of nitrogens with zero attached hydrogens (tertiary/aromatic N) is 1. The second-order valence-electron chi connectivity index (χ2n) is 16.3. The maximum Gasteiger partial charge on any atom is 0.137 e. The van der Waals surface area contributed by atoms with E-state index in [-0.39, 0.29) is 16.2 Å². The van der Waals surface area contributed by atoms with Crippen molar-refractivity contribution in [3.63, 3.8) is 0 Å². The monoisotopic (exact) mass is 639 g/mol. The van der Waals surface area contributed by atoms with Crippen molar-refractivity contribution in [1.29, 1.82) is 0 Å². The van der Waals surface area contributed by atoms with Crippen molar-refractivity contribution in [2.75, 3.05) is 4.90 Å². The van der Waals surface area contributed by atoms with Gasteiger partial charge >= 0.3 is 0 Å².